The third-order valence-electron chi connectivity index (χ3n) is 4.84. The Bertz CT molecular complexity index is 702. The molecule has 160 valence electrons. The van der Waals surface area contributed by atoms with Gasteiger partial charge in [0, 0.05) is 31.9 Å². The second kappa shape index (κ2) is 11.4. The van der Waals surface area contributed by atoms with Crippen LogP contribution >= 0.6 is 0 Å². The van der Waals surface area contributed by atoms with Crippen molar-refractivity contribution in [2.75, 3.05) is 57.7 Å². The highest BCUT2D eigenvalue weighted by Gasteiger charge is 2.26. The summed E-state index contributed by atoms with van der Waals surface area (Å²) in [6.07, 6.45) is 0.516. The highest BCUT2D eigenvalue weighted by atomic mass is 16.6. The smallest absolute Gasteiger partial charge is 0.409 e. The van der Waals surface area contributed by atoms with E-state index in [1.807, 2.05) is 43.0 Å². The van der Waals surface area contributed by atoms with Crippen LogP contribution < -0.4 is 5.32 Å². The van der Waals surface area contributed by atoms with E-state index in [0.717, 1.165) is 17.7 Å². The summed E-state index contributed by atoms with van der Waals surface area (Å²) < 4.78 is 5.01. The Morgan fingerprint density at radius 3 is 2.31 bits per heavy atom. The van der Waals surface area contributed by atoms with Crippen molar-refractivity contribution in [3.8, 4) is 0 Å². The third-order valence-corrected chi connectivity index (χ3v) is 4.84. The summed E-state index contributed by atoms with van der Waals surface area (Å²) in [4.78, 5) is 42.2. The molecule has 3 amide bonds. The summed E-state index contributed by atoms with van der Waals surface area (Å²) in [5.74, 6) is -0.154. The van der Waals surface area contributed by atoms with Gasteiger partial charge in [0.25, 0.3) is 0 Å². The van der Waals surface area contributed by atoms with Gasteiger partial charge in [-0.1, -0.05) is 25.1 Å². The fourth-order valence-corrected chi connectivity index (χ4v) is 3.28. The lowest BCUT2D eigenvalue weighted by Gasteiger charge is -2.35. The molecule has 0 saturated carbocycles. The second-order valence-electron chi connectivity index (χ2n) is 7.14. The molecule has 1 saturated heterocycles. The van der Waals surface area contributed by atoms with E-state index in [0.29, 0.717) is 39.3 Å². The number of amides is 3. The van der Waals surface area contributed by atoms with Crippen LogP contribution in [0.25, 0.3) is 0 Å². The van der Waals surface area contributed by atoms with E-state index in [-0.39, 0.29) is 31.0 Å². The first-order valence-electron chi connectivity index (χ1n) is 10.2. The van der Waals surface area contributed by atoms with E-state index in [1.165, 1.54) is 0 Å². The maximum absolute atomic E-state index is 12.7. The largest absolute Gasteiger partial charge is 0.450 e. The first-order chi connectivity index (χ1) is 13.9. The fourth-order valence-electron chi connectivity index (χ4n) is 3.28. The van der Waals surface area contributed by atoms with Crippen LogP contribution in [0.5, 0.6) is 0 Å². The van der Waals surface area contributed by atoms with E-state index in [9.17, 15) is 14.4 Å². The van der Waals surface area contributed by atoms with Crippen molar-refractivity contribution < 1.29 is 19.1 Å². The molecule has 1 aromatic carbocycles. The molecule has 8 nitrogen and oxygen atoms in total. The number of piperazine rings is 1. The maximum atomic E-state index is 12.7. The number of rotatable bonds is 8. The van der Waals surface area contributed by atoms with Crippen molar-refractivity contribution in [3.63, 3.8) is 0 Å². The summed E-state index contributed by atoms with van der Waals surface area (Å²) in [7, 11) is 0. The number of ether oxygens (including phenoxy) is 1. The molecule has 0 radical (unpaired) electrons. The van der Waals surface area contributed by atoms with Crippen LogP contribution in [0.15, 0.2) is 24.3 Å². The number of nitrogens with one attached hydrogen (secondary N) is 1. The zero-order chi connectivity index (χ0) is 21.2. The van der Waals surface area contributed by atoms with Gasteiger partial charge in [0.05, 0.1) is 19.7 Å². The fraction of sp³-hybridized carbons (Fsp3) is 0.571. The molecule has 1 aliphatic rings. The lowest BCUT2D eigenvalue weighted by Crippen LogP contribution is -2.53. The van der Waals surface area contributed by atoms with E-state index in [2.05, 4.69) is 5.32 Å². The SMILES string of the molecule is CCCN(CC(=O)Nc1ccccc1C)CC(=O)N1CCN(C(=O)OCC)CC1. The lowest BCUT2D eigenvalue weighted by atomic mass is 10.2. The quantitative estimate of drug-likeness (QED) is 0.716. The molecular formula is C21H32N4O4. The van der Waals surface area contributed by atoms with Crippen LogP contribution in [0.3, 0.4) is 0 Å². The van der Waals surface area contributed by atoms with E-state index >= 15 is 0 Å². The van der Waals surface area contributed by atoms with Gasteiger partial charge in [0.1, 0.15) is 0 Å². The van der Waals surface area contributed by atoms with Crippen molar-refractivity contribution in [1.29, 1.82) is 0 Å². The molecule has 1 aliphatic heterocycles. The minimum Gasteiger partial charge on any atom is -0.450 e. The van der Waals surface area contributed by atoms with Gasteiger partial charge in [-0.3, -0.25) is 14.5 Å². The monoisotopic (exact) mass is 404 g/mol. The maximum Gasteiger partial charge on any atom is 0.409 e. The van der Waals surface area contributed by atoms with Crippen LogP contribution in [0, 0.1) is 6.92 Å². The van der Waals surface area contributed by atoms with Crippen LogP contribution in [0.1, 0.15) is 25.8 Å². The molecule has 1 N–H and O–H groups in total. The average Bonchev–Trinajstić information content (AvgIpc) is 2.70. The molecular weight excluding hydrogens is 372 g/mol. The van der Waals surface area contributed by atoms with Gasteiger partial charge in [-0.15, -0.1) is 0 Å². The number of carbonyl (C=O) groups excluding carboxylic acids is 3. The van der Waals surface area contributed by atoms with Crippen LogP contribution in [-0.2, 0) is 14.3 Å². The van der Waals surface area contributed by atoms with Crippen molar-refractivity contribution in [3.05, 3.63) is 29.8 Å². The van der Waals surface area contributed by atoms with Crippen molar-refractivity contribution in [2.24, 2.45) is 0 Å². The first kappa shape index (κ1) is 22.7. The highest BCUT2D eigenvalue weighted by Crippen LogP contribution is 2.13. The van der Waals surface area contributed by atoms with E-state index < -0.39 is 0 Å². The zero-order valence-corrected chi connectivity index (χ0v) is 17.6. The molecule has 0 atom stereocenters. The Morgan fingerprint density at radius 2 is 1.69 bits per heavy atom. The van der Waals surface area contributed by atoms with Crippen LogP contribution in [0.2, 0.25) is 0 Å². The van der Waals surface area contributed by atoms with Crippen molar-refractivity contribution in [1.82, 2.24) is 14.7 Å². The Balaban J connectivity index is 1.85. The number of para-hydroxylation sites is 1. The van der Waals surface area contributed by atoms with Gasteiger partial charge in [-0.2, -0.15) is 0 Å². The number of hydrogen-bond donors (Lipinski definition) is 1. The number of hydrogen-bond acceptors (Lipinski definition) is 5. The van der Waals surface area contributed by atoms with Crippen molar-refractivity contribution >= 4 is 23.6 Å². The second-order valence-corrected chi connectivity index (χ2v) is 7.14. The number of anilines is 1. The molecule has 29 heavy (non-hydrogen) atoms. The molecule has 1 heterocycles. The molecule has 0 spiro atoms. The number of nitrogens with zero attached hydrogens (tertiary/aromatic N) is 3. The zero-order valence-electron chi connectivity index (χ0n) is 17.6. The summed E-state index contributed by atoms with van der Waals surface area (Å²) >= 11 is 0. The predicted octanol–water partition coefficient (Wildman–Crippen LogP) is 1.95. The molecule has 1 aromatic rings. The van der Waals surface area contributed by atoms with Crippen LogP contribution in [0.4, 0.5) is 10.5 Å². The Hall–Kier alpha value is -2.61. The van der Waals surface area contributed by atoms with Gasteiger partial charge in [0.2, 0.25) is 11.8 Å². The summed E-state index contributed by atoms with van der Waals surface area (Å²) in [5.41, 5.74) is 1.79. The van der Waals surface area contributed by atoms with Gasteiger partial charge >= 0.3 is 6.09 Å². The minimum absolute atomic E-state index is 0.0225. The molecule has 0 aliphatic carbocycles. The molecule has 0 unspecified atom stereocenters. The number of aryl methyl sites for hydroxylation is 1. The van der Waals surface area contributed by atoms with Gasteiger partial charge in [-0.25, -0.2) is 4.79 Å². The third kappa shape index (κ3) is 7.05. The van der Waals surface area contributed by atoms with Gasteiger partial charge in [0.15, 0.2) is 0 Å². The predicted molar refractivity (Wildman–Crippen MR) is 112 cm³/mol. The Morgan fingerprint density at radius 1 is 1.03 bits per heavy atom. The molecule has 1 fully saturated rings. The molecule has 2 rings (SSSR count). The normalized spacial score (nSPS) is 14.1. The molecule has 8 heteroatoms. The van der Waals surface area contributed by atoms with Crippen molar-refractivity contribution in [2.45, 2.75) is 27.2 Å². The first-order valence-corrected chi connectivity index (χ1v) is 10.2. The molecule has 0 bridgehead atoms. The number of carbonyl (C=O) groups is 3. The number of benzene rings is 1. The van der Waals surface area contributed by atoms with E-state index in [1.54, 1.807) is 16.7 Å². The van der Waals surface area contributed by atoms with Crippen LogP contribution in [-0.4, -0.2) is 85.0 Å². The highest BCUT2D eigenvalue weighted by molar-refractivity contribution is 5.93. The Kier molecular flexibility index (Phi) is 8.92. The Labute approximate surface area is 172 Å². The summed E-state index contributed by atoms with van der Waals surface area (Å²) in [5, 5.41) is 2.92. The van der Waals surface area contributed by atoms with Gasteiger partial charge < -0.3 is 19.9 Å². The average molecular weight is 405 g/mol. The topological polar surface area (TPSA) is 82.2 Å². The summed E-state index contributed by atoms with van der Waals surface area (Å²) in [6, 6.07) is 7.62. The summed E-state index contributed by atoms with van der Waals surface area (Å²) in [6.45, 7) is 8.98. The minimum atomic E-state index is -0.333. The van der Waals surface area contributed by atoms with E-state index in [4.69, 9.17) is 4.74 Å². The standard InChI is InChI=1S/C21H32N4O4/c1-4-10-23(15-19(26)22-18-9-7-6-8-17(18)3)16-20(27)24-11-13-25(14-12-24)21(28)29-5-2/h6-9H,4-5,10-16H2,1-3H3,(H,22,26). The van der Waals surface area contributed by atoms with Gasteiger partial charge in [-0.05, 0) is 38.4 Å². The molecule has 0 aromatic heterocycles. The lowest BCUT2D eigenvalue weighted by molar-refractivity contribution is -0.134.